The van der Waals surface area contributed by atoms with Gasteiger partial charge in [0.1, 0.15) is 10.3 Å². The van der Waals surface area contributed by atoms with Crippen LogP contribution in [0.3, 0.4) is 0 Å². The summed E-state index contributed by atoms with van der Waals surface area (Å²) < 4.78 is 26.3. The van der Waals surface area contributed by atoms with E-state index < -0.39 is 10.0 Å². The maximum Gasteiger partial charge on any atom is 0.264 e. The molecule has 19 heavy (non-hydrogen) atoms. The second kappa shape index (κ2) is 5.28. The van der Waals surface area contributed by atoms with E-state index in [1.807, 2.05) is 0 Å². The second-order valence-corrected chi connectivity index (χ2v) is 6.03. The lowest BCUT2D eigenvalue weighted by Crippen LogP contribution is -2.15. The lowest BCUT2D eigenvalue weighted by atomic mass is 10.5. The van der Waals surface area contributed by atoms with Crippen molar-refractivity contribution in [2.24, 2.45) is 0 Å². The number of halogens is 2. The molecule has 0 aromatic carbocycles. The van der Waals surface area contributed by atoms with Gasteiger partial charge in [-0.05, 0) is 25.1 Å². The first-order valence-corrected chi connectivity index (χ1v) is 7.26. The zero-order chi connectivity index (χ0) is 14.0. The van der Waals surface area contributed by atoms with Gasteiger partial charge in [-0.3, -0.25) is 0 Å². The van der Waals surface area contributed by atoms with Gasteiger partial charge >= 0.3 is 0 Å². The molecule has 2 aromatic heterocycles. The molecule has 100 valence electrons. The molecule has 6 nitrogen and oxygen atoms in total. The van der Waals surface area contributed by atoms with Crippen LogP contribution in [-0.4, -0.2) is 23.4 Å². The lowest BCUT2D eigenvalue weighted by Gasteiger charge is -2.07. The van der Waals surface area contributed by atoms with Crippen molar-refractivity contribution in [3.8, 4) is 0 Å². The maximum atomic E-state index is 12.1. The fourth-order valence-corrected chi connectivity index (χ4v) is 2.74. The number of pyridine rings is 1. The summed E-state index contributed by atoms with van der Waals surface area (Å²) in [7, 11) is -3.83. The molecule has 0 spiro atoms. The molecule has 0 saturated carbocycles. The molecule has 2 heterocycles. The van der Waals surface area contributed by atoms with Crippen LogP contribution in [-0.2, 0) is 10.0 Å². The second-order valence-electron chi connectivity index (χ2n) is 3.58. The smallest absolute Gasteiger partial charge is 0.247 e. The Hall–Kier alpha value is -1.44. The molecule has 0 amide bonds. The highest BCUT2D eigenvalue weighted by Gasteiger charge is 2.16. The number of nitrogens with one attached hydrogen (secondary N) is 1. The number of hydrogen-bond donors (Lipinski definition) is 1. The molecule has 1 N–H and O–H groups in total. The lowest BCUT2D eigenvalue weighted by molar-refractivity contribution is 0.600. The first-order chi connectivity index (χ1) is 8.87. The van der Waals surface area contributed by atoms with E-state index in [1.165, 1.54) is 24.4 Å². The molecule has 0 saturated heterocycles. The van der Waals surface area contributed by atoms with Crippen LogP contribution >= 0.6 is 23.2 Å². The Kier molecular flexibility index (Phi) is 3.88. The number of aryl methyl sites for hydroxylation is 1. The predicted molar refractivity (Wildman–Crippen MR) is 71.8 cm³/mol. The summed E-state index contributed by atoms with van der Waals surface area (Å²) in [6, 6.07) is 4.05. The van der Waals surface area contributed by atoms with Gasteiger partial charge in [-0.25, -0.2) is 28.1 Å². The van der Waals surface area contributed by atoms with Gasteiger partial charge in [-0.15, -0.1) is 0 Å². The number of nitrogens with zero attached hydrogens (tertiary/aromatic N) is 3. The van der Waals surface area contributed by atoms with E-state index in [4.69, 9.17) is 23.2 Å². The molecular formula is C10H8Cl2N4O2S. The molecule has 0 bridgehead atoms. The van der Waals surface area contributed by atoms with E-state index in [0.29, 0.717) is 5.69 Å². The Bertz CT molecular complexity index is 701. The summed E-state index contributed by atoms with van der Waals surface area (Å²) in [5.74, 6) is -0.0991. The molecular weight excluding hydrogens is 311 g/mol. The molecule has 2 rings (SSSR count). The number of sulfonamides is 1. The average Bonchev–Trinajstić information content (AvgIpc) is 2.26. The zero-order valence-electron chi connectivity index (χ0n) is 9.63. The fraction of sp³-hybridized carbons (Fsp3) is 0.100. The Morgan fingerprint density at radius 1 is 1.16 bits per heavy atom. The Morgan fingerprint density at radius 3 is 2.53 bits per heavy atom. The highest BCUT2D eigenvalue weighted by atomic mass is 35.5. The average molecular weight is 319 g/mol. The van der Waals surface area contributed by atoms with E-state index in [9.17, 15) is 8.42 Å². The van der Waals surface area contributed by atoms with Crippen molar-refractivity contribution in [2.75, 3.05) is 4.72 Å². The van der Waals surface area contributed by atoms with E-state index in [0.717, 1.165) is 0 Å². The Balaban J connectivity index is 2.36. The van der Waals surface area contributed by atoms with Crippen molar-refractivity contribution in [3.05, 3.63) is 40.4 Å². The van der Waals surface area contributed by atoms with Crippen LogP contribution in [0.1, 0.15) is 5.69 Å². The van der Waals surface area contributed by atoms with Crippen molar-refractivity contribution >= 4 is 39.2 Å². The van der Waals surface area contributed by atoms with Gasteiger partial charge < -0.3 is 0 Å². The molecule has 2 aromatic rings. The van der Waals surface area contributed by atoms with Gasteiger partial charge in [0, 0.05) is 11.9 Å². The van der Waals surface area contributed by atoms with Gasteiger partial charge in [-0.1, -0.05) is 23.2 Å². The summed E-state index contributed by atoms with van der Waals surface area (Å²) >= 11 is 11.4. The van der Waals surface area contributed by atoms with E-state index in [-0.39, 0.29) is 21.2 Å². The Morgan fingerprint density at radius 2 is 1.89 bits per heavy atom. The molecule has 0 fully saturated rings. The van der Waals surface area contributed by atoms with Crippen LogP contribution in [0.5, 0.6) is 0 Å². The van der Waals surface area contributed by atoms with Crippen LogP contribution in [0.15, 0.2) is 29.3 Å². The number of anilines is 1. The summed E-state index contributed by atoms with van der Waals surface area (Å²) in [5, 5.41) is 0.226. The molecule has 0 unspecified atom stereocenters. The highest BCUT2D eigenvalue weighted by molar-refractivity contribution is 7.92. The third-order valence-electron chi connectivity index (χ3n) is 2.06. The first kappa shape index (κ1) is 14.0. The third-order valence-corrected chi connectivity index (χ3v) is 3.78. The zero-order valence-corrected chi connectivity index (χ0v) is 12.0. The van der Waals surface area contributed by atoms with Crippen LogP contribution < -0.4 is 4.72 Å². The van der Waals surface area contributed by atoms with Gasteiger partial charge in [-0.2, -0.15) is 0 Å². The van der Waals surface area contributed by atoms with Crippen molar-refractivity contribution in [2.45, 2.75) is 11.8 Å². The molecule has 0 radical (unpaired) electrons. The molecule has 0 aliphatic carbocycles. The minimum atomic E-state index is -3.83. The SMILES string of the molecule is Cc1cc(Cl)nc(NS(=O)(=O)c2ccnc(Cl)c2)n1. The van der Waals surface area contributed by atoms with E-state index in [1.54, 1.807) is 6.92 Å². The minimum Gasteiger partial charge on any atom is -0.247 e. The van der Waals surface area contributed by atoms with E-state index in [2.05, 4.69) is 19.7 Å². The summed E-state index contributed by atoms with van der Waals surface area (Å²) in [5.41, 5.74) is 0.547. The number of rotatable bonds is 3. The van der Waals surface area contributed by atoms with Gasteiger partial charge in [0.05, 0.1) is 4.90 Å². The van der Waals surface area contributed by atoms with Crippen molar-refractivity contribution in [3.63, 3.8) is 0 Å². The molecule has 0 atom stereocenters. The summed E-state index contributed by atoms with van der Waals surface area (Å²) in [6.07, 6.45) is 1.29. The van der Waals surface area contributed by atoms with Gasteiger partial charge in [0.2, 0.25) is 5.95 Å². The van der Waals surface area contributed by atoms with Crippen LogP contribution in [0.25, 0.3) is 0 Å². The molecule has 9 heteroatoms. The highest BCUT2D eigenvalue weighted by Crippen LogP contribution is 2.17. The quantitative estimate of drug-likeness (QED) is 0.693. The van der Waals surface area contributed by atoms with Gasteiger partial charge in [0.25, 0.3) is 10.0 Å². The summed E-state index contributed by atoms with van der Waals surface area (Å²) in [6.45, 7) is 1.68. The van der Waals surface area contributed by atoms with E-state index >= 15 is 0 Å². The predicted octanol–water partition coefficient (Wildman–Crippen LogP) is 2.29. The topological polar surface area (TPSA) is 84.8 Å². The minimum absolute atomic E-state index is 0.0336. The normalized spacial score (nSPS) is 11.3. The van der Waals surface area contributed by atoms with Crippen molar-refractivity contribution < 1.29 is 8.42 Å². The molecule has 0 aliphatic rings. The number of hydrogen-bond acceptors (Lipinski definition) is 5. The largest absolute Gasteiger partial charge is 0.264 e. The Labute approximate surface area is 119 Å². The standard InChI is InChI=1S/C10H8Cl2N4O2S/c1-6-4-9(12)15-10(14-6)16-19(17,18)7-2-3-13-8(11)5-7/h2-5H,1H3,(H,14,15,16). The van der Waals surface area contributed by atoms with Crippen LogP contribution in [0.4, 0.5) is 5.95 Å². The van der Waals surface area contributed by atoms with Crippen LogP contribution in [0.2, 0.25) is 10.3 Å². The molecule has 0 aliphatic heterocycles. The third kappa shape index (κ3) is 3.52. The van der Waals surface area contributed by atoms with Crippen LogP contribution in [0, 0.1) is 6.92 Å². The van der Waals surface area contributed by atoms with Crippen molar-refractivity contribution in [1.29, 1.82) is 0 Å². The first-order valence-electron chi connectivity index (χ1n) is 5.02. The monoisotopic (exact) mass is 318 g/mol. The summed E-state index contributed by atoms with van der Waals surface area (Å²) in [4.78, 5) is 11.4. The fourth-order valence-electron chi connectivity index (χ4n) is 1.31. The number of aromatic nitrogens is 3. The maximum absolute atomic E-state index is 12.1. The van der Waals surface area contributed by atoms with Gasteiger partial charge in [0.15, 0.2) is 0 Å². The van der Waals surface area contributed by atoms with Crippen molar-refractivity contribution in [1.82, 2.24) is 15.0 Å².